The minimum atomic E-state index is -0.725. The highest BCUT2D eigenvalue weighted by Gasteiger charge is 2.47. The van der Waals surface area contributed by atoms with Crippen LogP contribution in [-0.2, 0) is 20.7 Å². The third kappa shape index (κ3) is 3.97. The summed E-state index contributed by atoms with van der Waals surface area (Å²) in [6.07, 6.45) is 3.36. The minimum Gasteiger partial charge on any atom is -0.507 e. The number of nitrogens with zero attached hydrogens (tertiary/aromatic N) is 1. The Labute approximate surface area is 192 Å². The molecule has 2 atom stereocenters. The van der Waals surface area contributed by atoms with Gasteiger partial charge in [0.15, 0.2) is 0 Å². The van der Waals surface area contributed by atoms with E-state index < -0.39 is 17.7 Å². The molecule has 2 saturated heterocycles. The second-order valence-electron chi connectivity index (χ2n) is 8.64. The van der Waals surface area contributed by atoms with E-state index >= 15 is 0 Å². The first-order valence-electron chi connectivity index (χ1n) is 11.4. The molecule has 0 aromatic heterocycles. The molecule has 3 heterocycles. The van der Waals surface area contributed by atoms with Gasteiger partial charge in [0.05, 0.1) is 31.4 Å². The molecule has 7 nitrogen and oxygen atoms in total. The van der Waals surface area contributed by atoms with Crippen molar-refractivity contribution in [2.75, 3.05) is 26.9 Å². The molecule has 3 aliphatic heterocycles. The number of carbonyl (C=O) groups excluding carboxylic acids is 2. The van der Waals surface area contributed by atoms with Crippen LogP contribution in [0.15, 0.2) is 48.0 Å². The van der Waals surface area contributed by atoms with Gasteiger partial charge in [-0.25, -0.2) is 0 Å². The van der Waals surface area contributed by atoms with Crippen molar-refractivity contribution in [3.63, 3.8) is 0 Å². The Morgan fingerprint density at radius 2 is 2.03 bits per heavy atom. The summed E-state index contributed by atoms with van der Waals surface area (Å²) in [6, 6.07) is 11.9. The molecular formula is C26H27NO6. The number of ketones is 1. The molecule has 172 valence electrons. The number of ether oxygens (including phenoxy) is 3. The number of Topliss-reactive ketones (excluding diaryl/α,β-unsaturated/α-hetero) is 1. The SMILES string of the molecule is COc1cccc(C2/C(=C(/O)c3ccc4c(c3)CCCO4)C(=O)C(=O)N2CC2CCCO2)c1. The van der Waals surface area contributed by atoms with Gasteiger partial charge in [0.25, 0.3) is 11.7 Å². The zero-order valence-electron chi connectivity index (χ0n) is 18.6. The molecule has 1 N–H and O–H groups in total. The number of fused-ring (bicyclic) bond motifs is 1. The van der Waals surface area contributed by atoms with Gasteiger partial charge in [-0.2, -0.15) is 0 Å². The maximum Gasteiger partial charge on any atom is 0.295 e. The highest BCUT2D eigenvalue weighted by molar-refractivity contribution is 6.46. The van der Waals surface area contributed by atoms with E-state index in [4.69, 9.17) is 14.2 Å². The number of aliphatic hydroxyl groups excluding tert-OH is 1. The Balaban J connectivity index is 1.61. The lowest BCUT2D eigenvalue weighted by atomic mass is 9.93. The fraction of sp³-hybridized carbons (Fsp3) is 0.385. The van der Waals surface area contributed by atoms with Crippen LogP contribution in [0.3, 0.4) is 0 Å². The fourth-order valence-corrected chi connectivity index (χ4v) is 4.90. The number of benzene rings is 2. The van der Waals surface area contributed by atoms with Crippen LogP contribution < -0.4 is 9.47 Å². The number of methoxy groups -OCH3 is 1. The molecule has 7 heteroatoms. The largest absolute Gasteiger partial charge is 0.507 e. The maximum atomic E-state index is 13.2. The predicted molar refractivity (Wildman–Crippen MR) is 121 cm³/mol. The van der Waals surface area contributed by atoms with Gasteiger partial charge >= 0.3 is 0 Å². The van der Waals surface area contributed by atoms with Crippen LogP contribution >= 0.6 is 0 Å². The van der Waals surface area contributed by atoms with Crippen molar-refractivity contribution in [2.24, 2.45) is 0 Å². The molecule has 1 amide bonds. The van der Waals surface area contributed by atoms with Gasteiger partial charge in [-0.15, -0.1) is 0 Å². The lowest BCUT2D eigenvalue weighted by molar-refractivity contribution is -0.140. The Kier molecular flexibility index (Phi) is 5.81. The molecule has 2 aromatic carbocycles. The average molecular weight is 450 g/mol. The standard InChI is InChI=1S/C26H27NO6/c1-31-19-7-2-5-17(14-19)23-22(25(29)26(30)27(23)15-20-8-4-11-32-20)24(28)18-9-10-21-16(13-18)6-3-12-33-21/h2,5,7,9-10,13-14,20,23,28H,3-4,6,8,11-12,15H2,1H3/b24-22-. The van der Waals surface area contributed by atoms with E-state index in [1.807, 2.05) is 24.3 Å². The van der Waals surface area contributed by atoms with Crippen molar-refractivity contribution < 1.29 is 28.9 Å². The van der Waals surface area contributed by atoms with Gasteiger partial charge in [-0.3, -0.25) is 9.59 Å². The topological polar surface area (TPSA) is 85.3 Å². The molecule has 0 bridgehead atoms. The number of aryl methyl sites for hydroxylation is 1. The molecule has 0 spiro atoms. The zero-order chi connectivity index (χ0) is 22.9. The van der Waals surface area contributed by atoms with E-state index in [2.05, 4.69) is 0 Å². The Hall–Kier alpha value is -3.32. The summed E-state index contributed by atoms with van der Waals surface area (Å²) >= 11 is 0. The van der Waals surface area contributed by atoms with E-state index in [-0.39, 0.29) is 17.4 Å². The Morgan fingerprint density at radius 3 is 2.82 bits per heavy atom. The van der Waals surface area contributed by atoms with Crippen LogP contribution in [0, 0.1) is 0 Å². The van der Waals surface area contributed by atoms with Crippen molar-refractivity contribution in [3.8, 4) is 11.5 Å². The van der Waals surface area contributed by atoms with Crippen LogP contribution in [0.25, 0.3) is 5.76 Å². The lowest BCUT2D eigenvalue weighted by Crippen LogP contribution is -2.36. The number of hydrogen-bond acceptors (Lipinski definition) is 6. The van der Waals surface area contributed by atoms with Crippen LogP contribution in [0.1, 0.15) is 42.0 Å². The van der Waals surface area contributed by atoms with E-state index in [0.29, 0.717) is 36.6 Å². The molecule has 3 aliphatic rings. The van der Waals surface area contributed by atoms with Gasteiger partial charge in [-0.05, 0) is 67.1 Å². The van der Waals surface area contributed by atoms with Crippen LogP contribution in [-0.4, -0.2) is 54.7 Å². The van der Waals surface area contributed by atoms with Gasteiger partial charge < -0.3 is 24.2 Å². The Morgan fingerprint density at radius 1 is 1.15 bits per heavy atom. The molecule has 0 saturated carbocycles. The quantitative estimate of drug-likeness (QED) is 0.426. The monoisotopic (exact) mass is 449 g/mol. The number of aliphatic hydroxyl groups is 1. The first kappa shape index (κ1) is 21.5. The van der Waals surface area contributed by atoms with E-state index in [1.165, 1.54) is 4.90 Å². The summed E-state index contributed by atoms with van der Waals surface area (Å²) in [6.45, 7) is 1.61. The third-order valence-electron chi connectivity index (χ3n) is 6.56. The average Bonchev–Trinajstić information content (AvgIpc) is 3.45. The highest BCUT2D eigenvalue weighted by Crippen LogP contribution is 2.41. The van der Waals surface area contributed by atoms with Crippen LogP contribution in [0.2, 0.25) is 0 Å². The number of amides is 1. The molecule has 2 fully saturated rings. The van der Waals surface area contributed by atoms with Crippen molar-refractivity contribution in [2.45, 2.75) is 37.8 Å². The second kappa shape index (κ2) is 8.90. The van der Waals surface area contributed by atoms with Gasteiger partial charge in [0.1, 0.15) is 17.3 Å². The van der Waals surface area contributed by atoms with E-state index in [9.17, 15) is 14.7 Å². The summed E-state index contributed by atoms with van der Waals surface area (Å²) in [4.78, 5) is 27.9. The summed E-state index contributed by atoms with van der Waals surface area (Å²) in [5.41, 5.74) is 2.27. The van der Waals surface area contributed by atoms with Gasteiger partial charge in [0.2, 0.25) is 0 Å². The third-order valence-corrected chi connectivity index (χ3v) is 6.56. The van der Waals surface area contributed by atoms with Crippen molar-refractivity contribution in [3.05, 3.63) is 64.7 Å². The van der Waals surface area contributed by atoms with Gasteiger partial charge in [-0.1, -0.05) is 12.1 Å². The highest BCUT2D eigenvalue weighted by atomic mass is 16.5. The number of likely N-dealkylation sites (tertiary alicyclic amines) is 1. The van der Waals surface area contributed by atoms with E-state index in [0.717, 1.165) is 37.0 Å². The first-order valence-corrected chi connectivity index (χ1v) is 11.4. The summed E-state index contributed by atoms with van der Waals surface area (Å²) in [7, 11) is 1.57. The zero-order valence-corrected chi connectivity index (χ0v) is 18.6. The molecule has 0 aliphatic carbocycles. The summed E-state index contributed by atoms with van der Waals surface area (Å²) < 4.78 is 16.8. The predicted octanol–water partition coefficient (Wildman–Crippen LogP) is 3.62. The van der Waals surface area contributed by atoms with Crippen LogP contribution in [0.5, 0.6) is 11.5 Å². The van der Waals surface area contributed by atoms with Crippen molar-refractivity contribution in [1.82, 2.24) is 4.90 Å². The Bertz CT molecular complexity index is 1120. The lowest BCUT2D eigenvalue weighted by Gasteiger charge is -2.27. The molecule has 5 rings (SSSR count). The molecule has 2 aromatic rings. The van der Waals surface area contributed by atoms with Gasteiger partial charge in [0, 0.05) is 18.7 Å². The molecule has 2 unspecified atom stereocenters. The molecule has 33 heavy (non-hydrogen) atoms. The molecule has 0 radical (unpaired) electrons. The normalized spacial score (nSPS) is 24.0. The van der Waals surface area contributed by atoms with Crippen molar-refractivity contribution >= 4 is 17.4 Å². The minimum absolute atomic E-state index is 0.0860. The van der Waals surface area contributed by atoms with Crippen LogP contribution in [0.4, 0.5) is 0 Å². The van der Waals surface area contributed by atoms with E-state index in [1.54, 1.807) is 25.3 Å². The first-order chi connectivity index (χ1) is 16.1. The smallest absolute Gasteiger partial charge is 0.295 e. The molecular weight excluding hydrogens is 422 g/mol. The summed E-state index contributed by atoms with van der Waals surface area (Å²) in [5.74, 6) is -0.0834. The summed E-state index contributed by atoms with van der Waals surface area (Å²) in [5, 5.41) is 11.3. The number of rotatable bonds is 5. The second-order valence-corrected chi connectivity index (χ2v) is 8.64. The number of carbonyl (C=O) groups is 2. The fourth-order valence-electron chi connectivity index (χ4n) is 4.90. The maximum absolute atomic E-state index is 13.2. The number of hydrogen-bond donors (Lipinski definition) is 1. The van der Waals surface area contributed by atoms with Crippen molar-refractivity contribution in [1.29, 1.82) is 0 Å².